The van der Waals surface area contributed by atoms with E-state index >= 15 is 0 Å². The number of hydrogen-bond acceptors (Lipinski definition) is 3. The molecule has 1 aliphatic heterocycles. The Hall–Kier alpha value is -0.880. The highest BCUT2D eigenvalue weighted by Crippen LogP contribution is 2.13. The van der Waals surface area contributed by atoms with E-state index in [0.717, 1.165) is 23.9 Å². The van der Waals surface area contributed by atoms with Gasteiger partial charge in [-0.3, -0.25) is 9.48 Å². The Kier molecular flexibility index (Phi) is 4.17. The van der Waals surface area contributed by atoms with Crippen molar-refractivity contribution in [1.29, 1.82) is 0 Å². The number of halogens is 1. The summed E-state index contributed by atoms with van der Waals surface area (Å²) in [6.07, 6.45) is 5.75. The molecule has 6 heteroatoms. The highest BCUT2D eigenvalue weighted by molar-refractivity contribution is 9.10. The van der Waals surface area contributed by atoms with Crippen LogP contribution in [0.15, 0.2) is 16.9 Å². The second kappa shape index (κ2) is 5.64. The third-order valence-corrected chi connectivity index (χ3v) is 3.28. The summed E-state index contributed by atoms with van der Waals surface area (Å²) >= 11 is 3.31. The van der Waals surface area contributed by atoms with Crippen LogP contribution in [0, 0.1) is 0 Å². The second-order valence-electron chi connectivity index (χ2n) is 4.19. The topological polar surface area (TPSA) is 56.1 Å². The van der Waals surface area contributed by atoms with Crippen LogP contribution in [0.5, 0.6) is 0 Å². The molecular weight excluding hydrogens is 286 g/mol. The summed E-state index contributed by atoms with van der Waals surface area (Å²) in [6.45, 7) is 3.22. The maximum Gasteiger partial charge on any atom is 0.244 e. The lowest BCUT2D eigenvalue weighted by Gasteiger charge is -2.15. The average molecular weight is 302 g/mol. The lowest BCUT2D eigenvalue weighted by atomic mass is 10.2. The van der Waals surface area contributed by atoms with Crippen LogP contribution in [0.3, 0.4) is 0 Å². The van der Waals surface area contributed by atoms with E-state index < -0.39 is 0 Å². The molecule has 17 heavy (non-hydrogen) atoms. The average Bonchev–Trinajstić information content (AvgIpc) is 2.95. The van der Waals surface area contributed by atoms with Crippen molar-refractivity contribution in [1.82, 2.24) is 15.1 Å². The normalized spacial score (nSPS) is 21.4. The van der Waals surface area contributed by atoms with E-state index in [9.17, 15) is 4.79 Å². The van der Waals surface area contributed by atoms with Crippen LogP contribution < -0.4 is 5.32 Å². The smallest absolute Gasteiger partial charge is 0.244 e. The minimum Gasteiger partial charge on any atom is -0.376 e. The highest BCUT2D eigenvalue weighted by Gasteiger charge is 2.19. The quantitative estimate of drug-likeness (QED) is 0.917. The van der Waals surface area contributed by atoms with Crippen LogP contribution in [0.25, 0.3) is 0 Å². The van der Waals surface area contributed by atoms with Crippen LogP contribution in [-0.4, -0.2) is 34.9 Å². The van der Waals surface area contributed by atoms with Gasteiger partial charge in [0.15, 0.2) is 0 Å². The fourth-order valence-corrected chi connectivity index (χ4v) is 2.12. The summed E-state index contributed by atoms with van der Waals surface area (Å²) in [5.41, 5.74) is 0. The number of carbonyl (C=O) groups excluding carboxylic acids is 1. The van der Waals surface area contributed by atoms with E-state index in [2.05, 4.69) is 26.3 Å². The first-order valence-electron chi connectivity index (χ1n) is 5.76. The molecule has 1 saturated heterocycles. The van der Waals surface area contributed by atoms with Crippen molar-refractivity contribution in [3.63, 3.8) is 0 Å². The maximum absolute atomic E-state index is 11.9. The van der Waals surface area contributed by atoms with Gasteiger partial charge in [0.1, 0.15) is 6.04 Å². The van der Waals surface area contributed by atoms with Crippen molar-refractivity contribution in [3.8, 4) is 0 Å². The molecule has 0 unspecified atom stereocenters. The van der Waals surface area contributed by atoms with E-state index in [-0.39, 0.29) is 18.1 Å². The zero-order valence-electron chi connectivity index (χ0n) is 9.73. The summed E-state index contributed by atoms with van der Waals surface area (Å²) in [5, 5.41) is 6.99. The summed E-state index contributed by atoms with van der Waals surface area (Å²) in [4.78, 5) is 11.9. The molecule has 1 N–H and O–H groups in total. The molecule has 0 spiro atoms. The van der Waals surface area contributed by atoms with Crippen molar-refractivity contribution in [2.24, 2.45) is 0 Å². The molecule has 0 bridgehead atoms. The third kappa shape index (κ3) is 3.29. The number of ether oxygens (including phenoxy) is 1. The Balaban J connectivity index is 1.82. The zero-order chi connectivity index (χ0) is 12.3. The molecule has 2 heterocycles. The molecule has 1 aromatic heterocycles. The Morgan fingerprint density at radius 2 is 2.65 bits per heavy atom. The highest BCUT2D eigenvalue weighted by atomic mass is 79.9. The fourth-order valence-electron chi connectivity index (χ4n) is 1.81. The first kappa shape index (κ1) is 12.6. The predicted molar refractivity (Wildman–Crippen MR) is 66.6 cm³/mol. The SMILES string of the molecule is C[C@H](C(=O)NC[C@@H]1CCCO1)n1cc(Br)cn1. The number of amides is 1. The van der Waals surface area contributed by atoms with Gasteiger partial charge in [-0.15, -0.1) is 0 Å². The lowest BCUT2D eigenvalue weighted by Crippen LogP contribution is -2.36. The first-order chi connectivity index (χ1) is 8.16. The van der Waals surface area contributed by atoms with Crippen LogP contribution in [0.1, 0.15) is 25.8 Å². The number of rotatable bonds is 4. The summed E-state index contributed by atoms with van der Waals surface area (Å²) in [6, 6.07) is -0.303. The maximum atomic E-state index is 11.9. The van der Waals surface area contributed by atoms with Crippen molar-refractivity contribution in [2.75, 3.05) is 13.2 Å². The molecule has 1 aromatic rings. The molecule has 1 amide bonds. The lowest BCUT2D eigenvalue weighted by molar-refractivity contribution is -0.124. The van der Waals surface area contributed by atoms with Crippen LogP contribution >= 0.6 is 15.9 Å². The van der Waals surface area contributed by atoms with Gasteiger partial charge in [0.25, 0.3) is 0 Å². The predicted octanol–water partition coefficient (Wildman–Crippen LogP) is 1.50. The van der Waals surface area contributed by atoms with Gasteiger partial charge >= 0.3 is 0 Å². The Labute approximate surface area is 109 Å². The monoisotopic (exact) mass is 301 g/mol. The Bertz CT molecular complexity index is 388. The minimum absolute atomic E-state index is 0.0314. The molecular formula is C11H16BrN3O2. The summed E-state index contributed by atoms with van der Waals surface area (Å²) < 4.78 is 7.95. The molecule has 0 aromatic carbocycles. The van der Waals surface area contributed by atoms with Gasteiger partial charge in [-0.2, -0.15) is 5.10 Å². The van der Waals surface area contributed by atoms with Gasteiger partial charge in [0.05, 0.1) is 16.8 Å². The van der Waals surface area contributed by atoms with E-state index in [1.807, 2.05) is 6.92 Å². The molecule has 2 rings (SSSR count). The zero-order valence-corrected chi connectivity index (χ0v) is 11.3. The molecule has 0 aliphatic carbocycles. The molecule has 0 saturated carbocycles. The van der Waals surface area contributed by atoms with E-state index in [1.54, 1.807) is 17.1 Å². The van der Waals surface area contributed by atoms with Gasteiger partial charge in [0, 0.05) is 19.3 Å². The van der Waals surface area contributed by atoms with E-state index in [0.29, 0.717) is 6.54 Å². The third-order valence-electron chi connectivity index (χ3n) is 2.87. The number of nitrogens with zero attached hydrogens (tertiary/aromatic N) is 2. The number of nitrogens with one attached hydrogen (secondary N) is 1. The van der Waals surface area contributed by atoms with Crippen LogP contribution in [0.2, 0.25) is 0 Å². The molecule has 1 fully saturated rings. The van der Waals surface area contributed by atoms with E-state index in [4.69, 9.17) is 4.74 Å². The number of carbonyl (C=O) groups is 1. The van der Waals surface area contributed by atoms with Crippen molar-refractivity contribution >= 4 is 21.8 Å². The fraction of sp³-hybridized carbons (Fsp3) is 0.636. The van der Waals surface area contributed by atoms with Crippen molar-refractivity contribution < 1.29 is 9.53 Å². The number of aromatic nitrogens is 2. The van der Waals surface area contributed by atoms with Gasteiger partial charge < -0.3 is 10.1 Å². The standard InChI is InChI=1S/C11H16BrN3O2/c1-8(15-7-9(12)5-14-15)11(16)13-6-10-3-2-4-17-10/h5,7-8,10H,2-4,6H2,1H3,(H,13,16)/t8-,10+/m1/s1. The Morgan fingerprint density at radius 1 is 1.82 bits per heavy atom. The van der Waals surface area contributed by atoms with Crippen LogP contribution in [0.4, 0.5) is 0 Å². The largest absolute Gasteiger partial charge is 0.376 e. The molecule has 2 atom stereocenters. The Morgan fingerprint density at radius 3 is 3.24 bits per heavy atom. The van der Waals surface area contributed by atoms with Gasteiger partial charge in [-0.25, -0.2) is 0 Å². The summed E-state index contributed by atoms with van der Waals surface area (Å²) in [5.74, 6) is -0.0314. The van der Waals surface area contributed by atoms with Crippen molar-refractivity contribution in [2.45, 2.75) is 31.9 Å². The molecule has 5 nitrogen and oxygen atoms in total. The summed E-state index contributed by atoms with van der Waals surface area (Å²) in [7, 11) is 0. The van der Waals surface area contributed by atoms with Gasteiger partial charge in [-0.1, -0.05) is 0 Å². The van der Waals surface area contributed by atoms with Gasteiger partial charge in [-0.05, 0) is 35.7 Å². The number of hydrogen-bond donors (Lipinski definition) is 1. The van der Waals surface area contributed by atoms with E-state index in [1.165, 1.54) is 0 Å². The second-order valence-corrected chi connectivity index (χ2v) is 5.11. The molecule has 94 valence electrons. The first-order valence-corrected chi connectivity index (χ1v) is 6.55. The minimum atomic E-state index is -0.303. The van der Waals surface area contributed by atoms with Crippen LogP contribution in [-0.2, 0) is 9.53 Å². The van der Waals surface area contributed by atoms with Gasteiger partial charge in [0.2, 0.25) is 5.91 Å². The van der Waals surface area contributed by atoms with Crippen molar-refractivity contribution in [3.05, 3.63) is 16.9 Å². The molecule has 0 radical (unpaired) electrons. The molecule has 1 aliphatic rings.